The van der Waals surface area contributed by atoms with Crippen LogP contribution in [0, 0.1) is 0 Å². The van der Waals surface area contributed by atoms with Crippen LogP contribution < -0.4 is 11.1 Å². The van der Waals surface area contributed by atoms with Crippen LogP contribution in [-0.2, 0) is 14.3 Å². The largest absolute Gasteiger partial charge is 0.391 e. The lowest BCUT2D eigenvalue weighted by atomic mass is 10.1. The molecular formula is C13H28N2O6S. The highest BCUT2D eigenvalue weighted by Gasteiger charge is 2.42. The molecule has 0 heterocycles. The quantitative estimate of drug-likeness (QED) is 0.291. The molecule has 4 unspecified atom stereocenters. The third-order valence-corrected chi connectivity index (χ3v) is 4.40. The highest BCUT2D eigenvalue weighted by atomic mass is 32.2. The smallest absolute Gasteiger partial charge is 0.253 e. The first-order chi connectivity index (χ1) is 10.3. The lowest BCUT2D eigenvalue weighted by Crippen LogP contribution is -2.65. The summed E-state index contributed by atoms with van der Waals surface area (Å²) in [5.41, 5.74) is 4.02. The molecular weight excluding hydrogens is 312 g/mol. The van der Waals surface area contributed by atoms with Crippen LogP contribution in [0.2, 0.25) is 0 Å². The summed E-state index contributed by atoms with van der Waals surface area (Å²) in [6.07, 6.45) is -3.11. The number of amides is 1. The minimum absolute atomic E-state index is 0.0460. The van der Waals surface area contributed by atoms with Gasteiger partial charge < -0.3 is 35.8 Å². The van der Waals surface area contributed by atoms with Crippen LogP contribution in [-0.4, -0.2) is 76.7 Å². The molecule has 0 aliphatic carbocycles. The lowest BCUT2D eigenvalue weighted by Gasteiger charge is -2.36. The molecule has 0 aliphatic heterocycles. The Morgan fingerprint density at radius 3 is 2.36 bits per heavy atom. The summed E-state index contributed by atoms with van der Waals surface area (Å²) in [5.74, 6) is 0.149. The van der Waals surface area contributed by atoms with Gasteiger partial charge in [-0.2, -0.15) is 11.8 Å². The van der Waals surface area contributed by atoms with E-state index in [1.165, 1.54) is 7.11 Å². The number of aliphatic hydroxyl groups is 3. The zero-order valence-electron chi connectivity index (χ0n) is 13.5. The molecule has 132 valence electrons. The minimum atomic E-state index is -2.10. The molecule has 0 aliphatic rings. The molecule has 0 aromatic rings. The van der Waals surface area contributed by atoms with Gasteiger partial charge in [0.05, 0.1) is 12.6 Å². The second kappa shape index (κ2) is 10.4. The molecule has 0 aromatic carbocycles. The standard InChI is InChI=1S/C13H28N2O6S/c1-5-21-13(7-16,12(18)19)15-11(17)10(20-4)9(14)8(3)22-6-2/h8-10,12,16,18-19H,5-7,14H2,1-4H3,(H,15,17). The predicted molar refractivity (Wildman–Crippen MR) is 84.2 cm³/mol. The summed E-state index contributed by atoms with van der Waals surface area (Å²) < 4.78 is 10.2. The minimum Gasteiger partial charge on any atom is -0.391 e. The van der Waals surface area contributed by atoms with Crippen LogP contribution in [0.25, 0.3) is 0 Å². The van der Waals surface area contributed by atoms with Gasteiger partial charge in [0.15, 0.2) is 6.10 Å². The summed E-state index contributed by atoms with van der Waals surface area (Å²) in [4.78, 5) is 12.3. The van der Waals surface area contributed by atoms with E-state index in [-0.39, 0.29) is 11.9 Å². The van der Waals surface area contributed by atoms with Gasteiger partial charge in [-0.3, -0.25) is 4.79 Å². The molecule has 1 amide bonds. The van der Waals surface area contributed by atoms with Gasteiger partial charge in [0.25, 0.3) is 5.91 Å². The maximum Gasteiger partial charge on any atom is 0.253 e. The number of hydrogen-bond donors (Lipinski definition) is 5. The monoisotopic (exact) mass is 340 g/mol. The first kappa shape index (κ1) is 21.6. The van der Waals surface area contributed by atoms with Gasteiger partial charge in [-0.25, -0.2) is 0 Å². The molecule has 0 saturated carbocycles. The maximum absolute atomic E-state index is 12.3. The fourth-order valence-corrected chi connectivity index (χ4v) is 2.83. The zero-order valence-corrected chi connectivity index (χ0v) is 14.3. The van der Waals surface area contributed by atoms with Crippen molar-refractivity contribution in [3.8, 4) is 0 Å². The van der Waals surface area contributed by atoms with Crippen LogP contribution in [0.4, 0.5) is 0 Å². The molecule has 8 nitrogen and oxygen atoms in total. The van der Waals surface area contributed by atoms with E-state index >= 15 is 0 Å². The van der Waals surface area contributed by atoms with E-state index in [0.29, 0.717) is 0 Å². The Hall–Kier alpha value is -0.420. The Morgan fingerprint density at radius 2 is 2.00 bits per heavy atom. The second-order valence-corrected chi connectivity index (χ2v) is 6.39. The van der Waals surface area contributed by atoms with Crippen molar-refractivity contribution in [3.05, 3.63) is 0 Å². The molecule has 4 atom stereocenters. The SMILES string of the molecule is CCOC(CO)(NC(=O)C(OC)C(N)C(C)SCC)C(O)O. The molecule has 0 fully saturated rings. The van der Waals surface area contributed by atoms with Crippen molar-refractivity contribution in [1.82, 2.24) is 5.32 Å². The van der Waals surface area contributed by atoms with Gasteiger partial charge in [0, 0.05) is 19.0 Å². The van der Waals surface area contributed by atoms with E-state index in [1.54, 1.807) is 18.7 Å². The average Bonchev–Trinajstić information content (AvgIpc) is 2.47. The number of carbonyl (C=O) groups excluding carboxylic acids is 1. The van der Waals surface area contributed by atoms with Crippen molar-refractivity contribution < 1.29 is 29.6 Å². The second-order valence-electron chi connectivity index (χ2n) is 4.74. The summed E-state index contributed by atoms with van der Waals surface area (Å²) in [6, 6.07) is -0.608. The molecule has 0 saturated heterocycles. The van der Waals surface area contributed by atoms with Gasteiger partial charge in [-0.15, -0.1) is 0 Å². The molecule has 0 spiro atoms. The fraction of sp³-hybridized carbons (Fsp3) is 0.923. The van der Waals surface area contributed by atoms with Crippen LogP contribution in [0.15, 0.2) is 0 Å². The maximum atomic E-state index is 12.3. The lowest BCUT2D eigenvalue weighted by molar-refractivity contribution is -0.237. The van der Waals surface area contributed by atoms with Crippen molar-refractivity contribution in [2.45, 2.75) is 50.2 Å². The van der Waals surface area contributed by atoms with Crippen LogP contribution >= 0.6 is 11.8 Å². The Morgan fingerprint density at radius 1 is 1.41 bits per heavy atom. The number of nitrogens with two attached hydrogens (primary N) is 1. The van der Waals surface area contributed by atoms with Crippen LogP contribution in [0.3, 0.4) is 0 Å². The summed E-state index contributed by atoms with van der Waals surface area (Å²) in [7, 11) is 1.34. The number of thioether (sulfide) groups is 1. The van der Waals surface area contributed by atoms with E-state index in [4.69, 9.17) is 15.2 Å². The third kappa shape index (κ3) is 5.65. The Bertz CT molecular complexity index is 334. The average molecular weight is 340 g/mol. The molecule has 22 heavy (non-hydrogen) atoms. The molecule has 0 aromatic heterocycles. The van der Waals surface area contributed by atoms with Gasteiger partial charge in [0.1, 0.15) is 0 Å². The molecule has 0 bridgehead atoms. The first-order valence-electron chi connectivity index (χ1n) is 7.12. The molecule has 0 rings (SSSR count). The summed E-state index contributed by atoms with van der Waals surface area (Å²) >= 11 is 1.58. The van der Waals surface area contributed by atoms with E-state index in [2.05, 4.69) is 5.32 Å². The highest BCUT2D eigenvalue weighted by molar-refractivity contribution is 7.99. The van der Waals surface area contributed by atoms with Crippen molar-refractivity contribution in [3.63, 3.8) is 0 Å². The molecule has 0 radical (unpaired) electrons. The number of rotatable bonds is 11. The predicted octanol–water partition coefficient (Wildman–Crippen LogP) is -1.38. The first-order valence-corrected chi connectivity index (χ1v) is 8.17. The van der Waals surface area contributed by atoms with E-state index in [1.807, 2.05) is 13.8 Å². The number of methoxy groups -OCH3 is 1. The van der Waals surface area contributed by atoms with E-state index in [9.17, 15) is 20.1 Å². The van der Waals surface area contributed by atoms with Gasteiger partial charge in [-0.1, -0.05) is 13.8 Å². The summed E-state index contributed by atoms with van der Waals surface area (Å²) in [6.45, 7) is 4.70. The van der Waals surface area contributed by atoms with Crippen molar-refractivity contribution in [2.75, 3.05) is 26.1 Å². The third-order valence-electron chi connectivity index (χ3n) is 3.22. The zero-order chi connectivity index (χ0) is 17.3. The van der Waals surface area contributed by atoms with Gasteiger partial charge in [0.2, 0.25) is 12.0 Å². The van der Waals surface area contributed by atoms with Crippen LogP contribution in [0.1, 0.15) is 20.8 Å². The fourth-order valence-electron chi connectivity index (χ4n) is 1.94. The number of hydrogen-bond acceptors (Lipinski definition) is 8. The Balaban J connectivity index is 5.09. The van der Waals surface area contributed by atoms with Gasteiger partial charge in [-0.05, 0) is 12.7 Å². The normalized spacial score (nSPS) is 18.6. The van der Waals surface area contributed by atoms with Crippen molar-refractivity contribution in [1.29, 1.82) is 0 Å². The Labute approximate surface area is 135 Å². The molecule has 9 heteroatoms. The number of aliphatic hydroxyl groups excluding tert-OH is 2. The van der Waals surface area contributed by atoms with E-state index in [0.717, 1.165) is 5.75 Å². The van der Waals surface area contributed by atoms with Crippen LogP contribution in [0.5, 0.6) is 0 Å². The molecule has 6 N–H and O–H groups in total. The summed E-state index contributed by atoms with van der Waals surface area (Å²) in [5, 5.41) is 30.4. The topological polar surface area (TPSA) is 134 Å². The van der Waals surface area contributed by atoms with Crippen molar-refractivity contribution >= 4 is 17.7 Å². The number of carbonyl (C=O) groups is 1. The highest BCUT2D eigenvalue weighted by Crippen LogP contribution is 2.18. The van der Waals surface area contributed by atoms with E-state index < -0.39 is 36.7 Å². The van der Waals surface area contributed by atoms with Crippen molar-refractivity contribution in [2.24, 2.45) is 5.73 Å². The number of ether oxygens (including phenoxy) is 2. The Kier molecular flexibility index (Phi) is 10.2. The van der Waals surface area contributed by atoms with Gasteiger partial charge >= 0.3 is 0 Å². The number of nitrogens with one attached hydrogen (secondary N) is 1.